The van der Waals surface area contributed by atoms with Crippen LogP contribution in [0.15, 0.2) is 47.0 Å². The van der Waals surface area contributed by atoms with Gasteiger partial charge in [-0.3, -0.25) is 4.79 Å². The van der Waals surface area contributed by atoms with E-state index in [0.717, 1.165) is 0 Å². The highest BCUT2D eigenvalue weighted by molar-refractivity contribution is 5.78. The Morgan fingerprint density at radius 2 is 1.94 bits per heavy atom. The predicted molar refractivity (Wildman–Crippen MR) is 102 cm³/mol. The fourth-order valence-corrected chi connectivity index (χ4v) is 3.48. The largest absolute Gasteiger partial charge is 0.573 e. The van der Waals surface area contributed by atoms with Crippen LogP contribution in [0.5, 0.6) is 11.5 Å². The number of alkyl halides is 3. The molecule has 0 bridgehead atoms. The van der Waals surface area contributed by atoms with Crippen LogP contribution in [-0.2, 0) is 11.3 Å². The number of aromatic nitrogens is 2. The van der Waals surface area contributed by atoms with E-state index < -0.39 is 18.2 Å². The number of carbonyl (C=O) groups excluding carboxylic acids is 1. The lowest BCUT2D eigenvalue weighted by atomic mass is 10.1. The van der Waals surface area contributed by atoms with Crippen LogP contribution in [0.25, 0.3) is 11.4 Å². The summed E-state index contributed by atoms with van der Waals surface area (Å²) in [5.41, 5.74) is 0.992. The van der Waals surface area contributed by atoms with Crippen molar-refractivity contribution in [1.29, 1.82) is 0 Å². The first kappa shape index (κ1) is 21.6. The van der Waals surface area contributed by atoms with Crippen molar-refractivity contribution in [1.82, 2.24) is 15.0 Å². The van der Waals surface area contributed by atoms with Gasteiger partial charge >= 0.3 is 6.36 Å². The fourth-order valence-electron chi connectivity index (χ4n) is 3.48. The molecule has 2 aromatic carbocycles. The Hall–Kier alpha value is -3.63. The van der Waals surface area contributed by atoms with Gasteiger partial charge in [-0.1, -0.05) is 17.3 Å². The van der Waals surface area contributed by atoms with Crippen molar-refractivity contribution in [2.24, 2.45) is 0 Å². The van der Waals surface area contributed by atoms with Gasteiger partial charge in [-0.2, -0.15) is 4.98 Å². The molecule has 7 nitrogen and oxygen atoms in total. The van der Waals surface area contributed by atoms with Gasteiger partial charge in [-0.25, -0.2) is 4.39 Å². The van der Waals surface area contributed by atoms with Crippen LogP contribution in [0.1, 0.15) is 30.3 Å². The zero-order chi connectivity index (χ0) is 22.9. The summed E-state index contributed by atoms with van der Waals surface area (Å²) in [6, 6.07) is 9.00. The number of rotatable bonds is 6. The van der Waals surface area contributed by atoms with E-state index in [0.29, 0.717) is 17.5 Å². The summed E-state index contributed by atoms with van der Waals surface area (Å²) in [5, 5.41) is 3.89. The molecule has 1 unspecified atom stereocenters. The number of likely N-dealkylation sites (tertiary alicyclic amines) is 1. The van der Waals surface area contributed by atoms with Crippen LogP contribution < -0.4 is 9.47 Å². The van der Waals surface area contributed by atoms with Gasteiger partial charge in [0, 0.05) is 18.5 Å². The first-order valence-electron chi connectivity index (χ1n) is 9.55. The number of hydrogen-bond acceptors (Lipinski definition) is 6. The Morgan fingerprint density at radius 1 is 1.19 bits per heavy atom. The third-order valence-corrected chi connectivity index (χ3v) is 4.97. The first-order valence-corrected chi connectivity index (χ1v) is 9.55. The standard InChI is InChI=1S/C21H17F4N3O4/c1-30-17-8-4-13(10-15(17)22)19-26-20(32-27-19)16-7-9-18(29)28(16)11-12-2-5-14(6-3-12)31-21(23,24)25/h2-6,8,10,16H,7,9,11H2,1H3. The minimum Gasteiger partial charge on any atom is -0.494 e. The summed E-state index contributed by atoms with van der Waals surface area (Å²) in [6.07, 6.45) is -4.08. The summed E-state index contributed by atoms with van der Waals surface area (Å²) in [5.74, 6) is -0.642. The third kappa shape index (κ3) is 4.66. The topological polar surface area (TPSA) is 77.7 Å². The van der Waals surface area contributed by atoms with E-state index in [9.17, 15) is 22.4 Å². The first-order chi connectivity index (χ1) is 15.2. The minimum atomic E-state index is -4.78. The SMILES string of the molecule is COc1ccc(-c2noc(C3CCC(=O)N3Cc3ccc(OC(F)(F)F)cc3)n2)cc1F. The van der Waals surface area contributed by atoms with Crippen LogP contribution in [0.4, 0.5) is 17.6 Å². The average Bonchev–Trinajstić information content (AvgIpc) is 3.36. The maximum Gasteiger partial charge on any atom is 0.573 e. The van der Waals surface area contributed by atoms with E-state index >= 15 is 0 Å². The van der Waals surface area contributed by atoms with Crippen LogP contribution in [0, 0.1) is 5.82 Å². The zero-order valence-corrected chi connectivity index (χ0v) is 16.7. The van der Waals surface area contributed by atoms with Crippen molar-refractivity contribution in [2.75, 3.05) is 7.11 Å². The van der Waals surface area contributed by atoms with Gasteiger partial charge in [0.25, 0.3) is 0 Å². The molecule has 32 heavy (non-hydrogen) atoms. The van der Waals surface area contributed by atoms with Crippen molar-refractivity contribution in [2.45, 2.75) is 31.8 Å². The normalized spacial score (nSPS) is 16.5. The molecule has 1 aliphatic rings. The van der Waals surface area contributed by atoms with E-state index in [1.54, 1.807) is 6.07 Å². The molecule has 1 aromatic heterocycles. The summed E-state index contributed by atoms with van der Waals surface area (Å²) < 4.78 is 65.0. The lowest BCUT2D eigenvalue weighted by Crippen LogP contribution is -2.27. The molecule has 4 rings (SSSR count). The van der Waals surface area contributed by atoms with E-state index in [1.165, 1.54) is 48.4 Å². The smallest absolute Gasteiger partial charge is 0.494 e. The van der Waals surface area contributed by atoms with Crippen molar-refractivity contribution >= 4 is 5.91 Å². The molecule has 1 amide bonds. The summed E-state index contributed by atoms with van der Waals surface area (Å²) >= 11 is 0. The quantitative estimate of drug-likeness (QED) is 0.508. The molecule has 1 fully saturated rings. The fraction of sp³-hybridized carbons (Fsp3) is 0.286. The second-order valence-corrected chi connectivity index (χ2v) is 7.07. The summed E-state index contributed by atoms with van der Waals surface area (Å²) in [6.45, 7) is 0.144. The summed E-state index contributed by atoms with van der Waals surface area (Å²) in [7, 11) is 1.35. The maximum absolute atomic E-state index is 14.0. The van der Waals surface area contributed by atoms with Crippen molar-refractivity contribution in [3.05, 3.63) is 59.7 Å². The van der Waals surface area contributed by atoms with Crippen molar-refractivity contribution in [3.8, 4) is 22.9 Å². The number of nitrogens with zero attached hydrogens (tertiary/aromatic N) is 3. The van der Waals surface area contributed by atoms with Crippen LogP contribution in [-0.4, -0.2) is 34.4 Å². The van der Waals surface area contributed by atoms with E-state index in [-0.39, 0.29) is 42.1 Å². The monoisotopic (exact) mass is 451 g/mol. The lowest BCUT2D eigenvalue weighted by molar-refractivity contribution is -0.274. The number of halogens is 4. The van der Waals surface area contributed by atoms with Gasteiger partial charge in [0.2, 0.25) is 17.6 Å². The molecule has 1 aliphatic heterocycles. The Labute approximate surface area is 179 Å². The van der Waals surface area contributed by atoms with Crippen LogP contribution >= 0.6 is 0 Å². The summed E-state index contributed by atoms with van der Waals surface area (Å²) in [4.78, 5) is 18.2. The Kier molecular flexibility index (Phi) is 5.72. The molecule has 0 N–H and O–H groups in total. The van der Waals surface area contributed by atoms with Gasteiger partial charge in [-0.05, 0) is 42.3 Å². The molecular weight excluding hydrogens is 434 g/mol. The second kappa shape index (κ2) is 8.48. The van der Waals surface area contributed by atoms with Crippen molar-refractivity contribution in [3.63, 3.8) is 0 Å². The second-order valence-electron chi connectivity index (χ2n) is 7.07. The van der Waals surface area contributed by atoms with Gasteiger partial charge in [0.05, 0.1) is 7.11 Å². The molecule has 1 saturated heterocycles. The maximum atomic E-state index is 14.0. The molecular formula is C21H17F4N3O4. The number of methoxy groups -OCH3 is 1. The Balaban J connectivity index is 1.50. The minimum absolute atomic E-state index is 0.0803. The molecule has 0 spiro atoms. The van der Waals surface area contributed by atoms with Gasteiger partial charge < -0.3 is 18.9 Å². The van der Waals surface area contributed by atoms with Crippen LogP contribution in [0.2, 0.25) is 0 Å². The highest BCUT2D eigenvalue weighted by Crippen LogP contribution is 2.35. The molecule has 0 aliphatic carbocycles. The molecule has 0 radical (unpaired) electrons. The van der Waals surface area contributed by atoms with E-state index in [1.807, 2.05) is 0 Å². The number of ether oxygens (including phenoxy) is 2. The zero-order valence-electron chi connectivity index (χ0n) is 16.7. The third-order valence-electron chi connectivity index (χ3n) is 4.97. The number of hydrogen-bond donors (Lipinski definition) is 0. The Morgan fingerprint density at radius 3 is 2.59 bits per heavy atom. The molecule has 1 atom stereocenters. The number of amides is 1. The van der Waals surface area contributed by atoms with Gasteiger partial charge in [-0.15, -0.1) is 13.2 Å². The van der Waals surface area contributed by atoms with Gasteiger partial charge in [0.1, 0.15) is 11.8 Å². The van der Waals surface area contributed by atoms with Gasteiger partial charge in [0.15, 0.2) is 11.6 Å². The molecule has 0 saturated carbocycles. The van der Waals surface area contributed by atoms with Crippen molar-refractivity contribution < 1.29 is 36.4 Å². The molecule has 11 heteroatoms. The Bertz CT molecular complexity index is 1110. The molecule has 168 valence electrons. The predicted octanol–water partition coefficient (Wildman–Crippen LogP) is 4.65. The highest BCUT2D eigenvalue weighted by Gasteiger charge is 2.36. The number of carbonyl (C=O) groups is 1. The molecule has 3 aromatic rings. The van der Waals surface area contributed by atoms with Crippen LogP contribution in [0.3, 0.4) is 0 Å². The lowest BCUT2D eigenvalue weighted by Gasteiger charge is -2.22. The van der Waals surface area contributed by atoms with E-state index in [2.05, 4.69) is 14.9 Å². The average molecular weight is 451 g/mol. The molecule has 2 heterocycles. The van der Waals surface area contributed by atoms with E-state index in [4.69, 9.17) is 9.26 Å². The highest BCUT2D eigenvalue weighted by atomic mass is 19.4. The number of benzene rings is 2.